The van der Waals surface area contributed by atoms with Gasteiger partial charge in [0.1, 0.15) is 5.60 Å². The number of aliphatic hydroxyl groups is 1. The zero-order valence-electron chi connectivity index (χ0n) is 12.5. The molecule has 106 valence electrons. The van der Waals surface area contributed by atoms with Gasteiger partial charge in [-0.05, 0) is 46.8 Å². The molecular formula is C16H25NO2. The first-order valence-electron chi connectivity index (χ1n) is 6.58. The minimum Gasteiger partial charge on any atom is -0.474 e. The Hall–Kier alpha value is -1.48. The van der Waals surface area contributed by atoms with E-state index in [9.17, 15) is 5.11 Å². The van der Waals surface area contributed by atoms with Crippen molar-refractivity contribution < 1.29 is 9.84 Å². The lowest BCUT2D eigenvalue weighted by molar-refractivity contribution is 0.0303. The number of aliphatic hydroxyl groups excluding tert-OH is 1. The molecule has 3 heteroatoms. The molecule has 0 aliphatic carbocycles. The van der Waals surface area contributed by atoms with Gasteiger partial charge in [0.25, 0.3) is 0 Å². The molecule has 0 bridgehead atoms. The van der Waals surface area contributed by atoms with Gasteiger partial charge in [-0.1, -0.05) is 29.8 Å². The van der Waals surface area contributed by atoms with E-state index in [-0.39, 0.29) is 11.6 Å². The Labute approximate surface area is 116 Å². The van der Waals surface area contributed by atoms with Crippen molar-refractivity contribution in [2.75, 3.05) is 0 Å². The Kier molecular flexibility index (Phi) is 5.01. The predicted octanol–water partition coefficient (Wildman–Crippen LogP) is 3.29. The van der Waals surface area contributed by atoms with Crippen molar-refractivity contribution in [3.63, 3.8) is 0 Å². The summed E-state index contributed by atoms with van der Waals surface area (Å²) in [5, 5.41) is 13.4. The molecule has 0 heterocycles. The quantitative estimate of drug-likeness (QED) is 0.801. The molecule has 0 aliphatic rings. The lowest BCUT2D eigenvalue weighted by Gasteiger charge is -2.27. The first-order valence-corrected chi connectivity index (χ1v) is 6.58. The third-order valence-corrected chi connectivity index (χ3v) is 2.71. The van der Waals surface area contributed by atoms with E-state index in [0.29, 0.717) is 5.88 Å². The molecule has 0 aliphatic heterocycles. The first kappa shape index (κ1) is 15.6. The Morgan fingerprint density at radius 1 is 1.26 bits per heavy atom. The third-order valence-electron chi connectivity index (χ3n) is 2.71. The van der Waals surface area contributed by atoms with Crippen molar-refractivity contribution in [3.05, 3.63) is 47.9 Å². The fourth-order valence-electron chi connectivity index (χ4n) is 1.78. The van der Waals surface area contributed by atoms with Crippen LogP contribution in [0.3, 0.4) is 0 Å². The highest BCUT2D eigenvalue weighted by atomic mass is 16.5. The summed E-state index contributed by atoms with van der Waals surface area (Å²) in [7, 11) is 0. The van der Waals surface area contributed by atoms with Gasteiger partial charge in [-0.3, -0.25) is 0 Å². The van der Waals surface area contributed by atoms with Crippen LogP contribution in [0, 0.1) is 6.92 Å². The highest BCUT2D eigenvalue weighted by molar-refractivity contribution is 5.24. The molecule has 0 spiro atoms. The minimum atomic E-state index is -0.596. The van der Waals surface area contributed by atoms with E-state index in [1.165, 1.54) is 5.56 Å². The number of ether oxygens (including phenoxy) is 1. The summed E-state index contributed by atoms with van der Waals surface area (Å²) in [6.07, 6.45) is -0.596. The standard InChI is InChI=1S/C16H25NO2/c1-11-7-9-14(10-8-11)15(18)12(2)17-13(3)19-16(4,5)6/h7-10,12,15,17-18H,3H2,1-2,4-6H3/t12-,15-/m0/s1. The van der Waals surface area contributed by atoms with E-state index in [2.05, 4.69) is 11.9 Å². The Morgan fingerprint density at radius 2 is 1.79 bits per heavy atom. The Bertz CT molecular complexity index is 417. The lowest BCUT2D eigenvalue weighted by atomic mass is 10.0. The van der Waals surface area contributed by atoms with Crippen LogP contribution >= 0.6 is 0 Å². The summed E-state index contributed by atoms with van der Waals surface area (Å²) in [6.45, 7) is 13.6. The van der Waals surface area contributed by atoms with Gasteiger partial charge >= 0.3 is 0 Å². The second-order valence-electron chi connectivity index (χ2n) is 5.93. The maximum absolute atomic E-state index is 10.3. The number of rotatable bonds is 5. The molecule has 2 N–H and O–H groups in total. The van der Waals surface area contributed by atoms with E-state index in [0.717, 1.165) is 5.56 Å². The Balaban J connectivity index is 2.60. The molecule has 1 aromatic rings. The average molecular weight is 263 g/mol. The van der Waals surface area contributed by atoms with Gasteiger partial charge in [-0.15, -0.1) is 0 Å². The molecule has 0 amide bonds. The Morgan fingerprint density at radius 3 is 2.26 bits per heavy atom. The van der Waals surface area contributed by atoms with Gasteiger partial charge in [0, 0.05) is 0 Å². The monoisotopic (exact) mass is 263 g/mol. The van der Waals surface area contributed by atoms with Gasteiger partial charge in [0.15, 0.2) is 5.88 Å². The normalized spacial score (nSPS) is 14.6. The number of nitrogens with one attached hydrogen (secondary N) is 1. The van der Waals surface area contributed by atoms with Crippen LogP contribution in [0.25, 0.3) is 0 Å². The fraction of sp³-hybridized carbons (Fsp3) is 0.500. The smallest absolute Gasteiger partial charge is 0.180 e. The van der Waals surface area contributed by atoms with Crippen molar-refractivity contribution >= 4 is 0 Å². The summed E-state index contributed by atoms with van der Waals surface area (Å²) in [6, 6.07) is 7.69. The van der Waals surface area contributed by atoms with Crippen LogP contribution in [-0.2, 0) is 4.74 Å². The van der Waals surface area contributed by atoms with E-state index in [4.69, 9.17) is 4.74 Å². The van der Waals surface area contributed by atoms with Crippen molar-refractivity contribution in [1.82, 2.24) is 5.32 Å². The largest absolute Gasteiger partial charge is 0.474 e. The molecule has 0 unspecified atom stereocenters. The molecule has 0 aromatic heterocycles. The SMILES string of the molecule is C=C(N[C@@H](C)[C@H](O)c1ccc(C)cc1)OC(C)(C)C. The van der Waals surface area contributed by atoms with Gasteiger partial charge in [-0.2, -0.15) is 0 Å². The highest BCUT2D eigenvalue weighted by Gasteiger charge is 2.19. The summed E-state index contributed by atoms with van der Waals surface area (Å²) < 4.78 is 5.60. The van der Waals surface area contributed by atoms with E-state index < -0.39 is 6.10 Å². The van der Waals surface area contributed by atoms with Crippen LogP contribution in [0.4, 0.5) is 0 Å². The molecule has 3 nitrogen and oxygen atoms in total. The molecule has 1 aromatic carbocycles. The number of benzene rings is 1. The van der Waals surface area contributed by atoms with Crippen LogP contribution in [0.1, 0.15) is 44.9 Å². The topological polar surface area (TPSA) is 41.5 Å². The summed E-state index contributed by atoms with van der Waals surface area (Å²) in [5.41, 5.74) is 1.77. The zero-order chi connectivity index (χ0) is 14.6. The molecular weight excluding hydrogens is 238 g/mol. The van der Waals surface area contributed by atoms with Crippen molar-refractivity contribution in [1.29, 1.82) is 0 Å². The molecule has 2 atom stereocenters. The van der Waals surface area contributed by atoms with Crippen molar-refractivity contribution in [2.24, 2.45) is 0 Å². The zero-order valence-corrected chi connectivity index (χ0v) is 12.5. The van der Waals surface area contributed by atoms with Gasteiger partial charge in [0.2, 0.25) is 0 Å². The number of hydrogen-bond donors (Lipinski definition) is 2. The van der Waals surface area contributed by atoms with Gasteiger partial charge in [0.05, 0.1) is 12.1 Å². The summed E-state index contributed by atoms with van der Waals surface area (Å²) in [5.74, 6) is 0.478. The van der Waals surface area contributed by atoms with Crippen molar-refractivity contribution in [2.45, 2.75) is 52.4 Å². The molecule has 1 rings (SSSR count). The molecule has 19 heavy (non-hydrogen) atoms. The molecule has 0 radical (unpaired) electrons. The maximum atomic E-state index is 10.3. The van der Waals surface area contributed by atoms with Crippen LogP contribution in [0.5, 0.6) is 0 Å². The van der Waals surface area contributed by atoms with Crippen LogP contribution in [-0.4, -0.2) is 16.7 Å². The van der Waals surface area contributed by atoms with Gasteiger partial charge < -0.3 is 15.2 Å². The minimum absolute atomic E-state index is 0.169. The number of aryl methyl sites for hydroxylation is 1. The van der Waals surface area contributed by atoms with Crippen LogP contribution in [0.2, 0.25) is 0 Å². The van der Waals surface area contributed by atoms with Crippen molar-refractivity contribution in [3.8, 4) is 0 Å². The fourth-order valence-corrected chi connectivity index (χ4v) is 1.78. The van der Waals surface area contributed by atoms with E-state index in [1.54, 1.807) is 0 Å². The van der Waals surface area contributed by atoms with Gasteiger partial charge in [-0.25, -0.2) is 0 Å². The third kappa shape index (κ3) is 5.35. The second-order valence-corrected chi connectivity index (χ2v) is 5.93. The molecule has 0 saturated heterocycles. The molecule has 0 fully saturated rings. The highest BCUT2D eigenvalue weighted by Crippen LogP contribution is 2.19. The van der Waals surface area contributed by atoms with E-state index in [1.807, 2.05) is 58.9 Å². The second kappa shape index (κ2) is 6.11. The maximum Gasteiger partial charge on any atom is 0.180 e. The van der Waals surface area contributed by atoms with E-state index >= 15 is 0 Å². The van der Waals surface area contributed by atoms with Crippen LogP contribution in [0.15, 0.2) is 36.7 Å². The first-order chi connectivity index (χ1) is 8.69. The summed E-state index contributed by atoms with van der Waals surface area (Å²) >= 11 is 0. The lowest BCUT2D eigenvalue weighted by Crippen LogP contribution is -2.34. The van der Waals surface area contributed by atoms with Crippen LogP contribution < -0.4 is 5.32 Å². The summed E-state index contributed by atoms with van der Waals surface area (Å²) in [4.78, 5) is 0. The predicted molar refractivity (Wildman–Crippen MR) is 78.7 cm³/mol. The number of hydrogen-bond acceptors (Lipinski definition) is 3. The molecule has 0 saturated carbocycles. The average Bonchev–Trinajstić information content (AvgIpc) is 2.26.